The summed E-state index contributed by atoms with van der Waals surface area (Å²) >= 11 is 1.81. The Bertz CT molecular complexity index is 295. The third kappa shape index (κ3) is 1.50. The Morgan fingerprint density at radius 2 is 2.50 bits per heavy atom. The molecule has 0 saturated carbocycles. The van der Waals surface area contributed by atoms with E-state index in [1.54, 1.807) is 6.20 Å². The number of aliphatic imine (C=N–C) groups is 1. The van der Waals surface area contributed by atoms with E-state index in [2.05, 4.69) is 23.0 Å². The van der Waals surface area contributed by atoms with Gasteiger partial charge in [0.1, 0.15) is 0 Å². The molecular formula is C9H10N2S. The van der Waals surface area contributed by atoms with Gasteiger partial charge in [-0.2, -0.15) is 0 Å². The van der Waals surface area contributed by atoms with Crippen LogP contribution in [0, 0.1) is 0 Å². The average molecular weight is 178 g/mol. The highest BCUT2D eigenvalue weighted by Gasteiger charge is 2.14. The van der Waals surface area contributed by atoms with Crippen LogP contribution in [0.15, 0.2) is 29.5 Å². The van der Waals surface area contributed by atoms with Gasteiger partial charge in [-0.25, -0.2) is 0 Å². The maximum atomic E-state index is 4.50. The molecule has 1 atom stereocenters. The Labute approximate surface area is 76.1 Å². The third-order valence-electron chi connectivity index (χ3n) is 1.71. The molecule has 12 heavy (non-hydrogen) atoms. The number of rotatable bonds is 1. The van der Waals surface area contributed by atoms with Gasteiger partial charge in [0.2, 0.25) is 0 Å². The van der Waals surface area contributed by atoms with Crippen molar-refractivity contribution in [1.82, 2.24) is 4.98 Å². The van der Waals surface area contributed by atoms with Crippen molar-refractivity contribution in [1.29, 1.82) is 0 Å². The molecule has 0 bridgehead atoms. The molecule has 0 saturated heterocycles. The van der Waals surface area contributed by atoms with E-state index in [1.807, 2.05) is 24.0 Å². The fourth-order valence-electron chi connectivity index (χ4n) is 1.12. The summed E-state index contributed by atoms with van der Waals surface area (Å²) in [6.07, 6.45) is 3.65. The van der Waals surface area contributed by atoms with Gasteiger partial charge in [0.15, 0.2) is 0 Å². The summed E-state index contributed by atoms with van der Waals surface area (Å²) in [6, 6.07) is 4.46. The van der Waals surface area contributed by atoms with Gasteiger partial charge in [0.25, 0.3) is 0 Å². The number of hydrogen-bond acceptors (Lipinski definition) is 3. The molecule has 2 heterocycles. The van der Waals surface area contributed by atoms with Crippen molar-refractivity contribution in [2.45, 2.75) is 13.0 Å². The molecule has 2 rings (SSSR count). The predicted octanol–water partition coefficient (Wildman–Crippen LogP) is 1.96. The lowest BCUT2D eigenvalue weighted by Crippen LogP contribution is -1.93. The first kappa shape index (κ1) is 7.80. The molecule has 0 radical (unpaired) electrons. The molecular weight excluding hydrogens is 168 g/mol. The van der Waals surface area contributed by atoms with Crippen molar-refractivity contribution in [2.24, 2.45) is 4.99 Å². The summed E-state index contributed by atoms with van der Waals surface area (Å²) in [5, 5.41) is 1.13. The minimum Gasteiger partial charge on any atom is -0.274 e. The standard InChI is InChI=1S/C9H10N2S/c1-7-6-12-9(11-7)8-3-2-4-10-5-8/h2-5,7H,6H2,1H3/t7-/m1/s1. The molecule has 1 aliphatic rings. The van der Waals surface area contributed by atoms with Crippen LogP contribution in [0.25, 0.3) is 0 Å². The molecule has 3 heteroatoms. The van der Waals surface area contributed by atoms with E-state index in [0.29, 0.717) is 6.04 Å². The molecule has 0 aliphatic carbocycles. The van der Waals surface area contributed by atoms with Crippen molar-refractivity contribution in [3.8, 4) is 0 Å². The second-order valence-corrected chi connectivity index (χ2v) is 3.84. The van der Waals surface area contributed by atoms with Gasteiger partial charge in [0.05, 0.1) is 11.1 Å². The number of aromatic nitrogens is 1. The van der Waals surface area contributed by atoms with Gasteiger partial charge in [-0.05, 0) is 19.1 Å². The second-order valence-electron chi connectivity index (χ2n) is 2.84. The Balaban J connectivity index is 2.27. The van der Waals surface area contributed by atoms with Gasteiger partial charge >= 0.3 is 0 Å². The maximum absolute atomic E-state index is 4.50. The van der Waals surface area contributed by atoms with Crippen molar-refractivity contribution in [3.05, 3.63) is 30.1 Å². The zero-order chi connectivity index (χ0) is 8.39. The van der Waals surface area contributed by atoms with Crippen LogP contribution in [0.5, 0.6) is 0 Å². The first-order valence-electron chi connectivity index (χ1n) is 3.97. The quantitative estimate of drug-likeness (QED) is 0.657. The van der Waals surface area contributed by atoms with Crippen LogP contribution in [-0.2, 0) is 0 Å². The molecule has 62 valence electrons. The van der Waals surface area contributed by atoms with E-state index in [-0.39, 0.29) is 0 Å². The van der Waals surface area contributed by atoms with Crippen molar-refractivity contribution in [2.75, 3.05) is 5.75 Å². The van der Waals surface area contributed by atoms with Crippen LogP contribution >= 0.6 is 11.8 Å². The van der Waals surface area contributed by atoms with Gasteiger partial charge < -0.3 is 0 Å². The first-order valence-corrected chi connectivity index (χ1v) is 4.96. The Kier molecular flexibility index (Phi) is 2.13. The lowest BCUT2D eigenvalue weighted by atomic mass is 10.3. The van der Waals surface area contributed by atoms with Crippen molar-refractivity contribution in [3.63, 3.8) is 0 Å². The molecule has 2 nitrogen and oxygen atoms in total. The maximum Gasteiger partial charge on any atom is 0.0996 e. The Morgan fingerprint density at radius 1 is 1.58 bits per heavy atom. The van der Waals surface area contributed by atoms with Crippen LogP contribution in [0.2, 0.25) is 0 Å². The second kappa shape index (κ2) is 3.27. The molecule has 1 aliphatic heterocycles. The zero-order valence-electron chi connectivity index (χ0n) is 6.90. The summed E-state index contributed by atoms with van der Waals surface area (Å²) < 4.78 is 0. The fraction of sp³-hybridized carbons (Fsp3) is 0.333. The molecule has 1 aromatic rings. The van der Waals surface area contributed by atoms with Crippen LogP contribution < -0.4 is 0 Å². The highest BCUT2D eigenvalue weighted by molar-refractivity contribution is 8.14. The normalized spacial score (nSPS) is 22.4. The molecule has 1 aromatic heterocycles. The Hall–Kier alpha value is -0.830. The van der Waals surface area contributed by atoms with E-state index in [4.69, 9.17) is 0 Å². The molecule has 0 fully saturated rings. The lowest BCUT2D eigenvalue weighted by molar-refractivity contribution is 0.865. The van der Waals surface area contributed by atoms with Crippen LogP contribution in [0.1, 0.15) is 12.5 Å². The molecule has 0 N–H and O–H groups in total. The summed E-state index contributed by atoms with van der Waals surface area (Å²) in [5.41, 5.74) is 1.15. The van der Waals surface area contributed by atoms with Crippen LogP contribution in [0.4, 0.5) is 0 Å². The SMILES string of the molecule is C[C@@H]1CSC(c2cccnc2)=N1. The van der Waals surface area contributed by atoms with Crippen LogP contribution in [0.3, 0.4) is 0 Å². The highest BCUT2D eigenvalue weighted by atomic mass is 32.2. The molecule has 0 amide bonds. The molecule has 0 spiro atoms. The number of thioether (sulfide) groups is 1. The monoisotopic (exact) mass is 178 g/mol. The number of nitrogens with zero attached hydrogens (tertiary/aromatic N) is 2. The molecule has 0 unspecified atom stereocenters. The van der Waals surface area contributed by atoms with E-state index in [1.165, 1.54) is 0 Å². The van der Waals surface area contributed by atoms with E-state index in [9.17, 15) is 0 Å². The van der Waals surface area contributed by atoms with Gasteiger partial charge in [-0.3, -0.25) is 9.98 Å². The van der Waals surface area contributed by atoms with Gasteiger partial charge in [0, 0.05) is 23.7 Å². The predicted molar refractivity (Wildman–Crippen MR) is 52.7 cm³/mol. The summed E-state index contributed by atoms with van der Waals surface area (Å²) in [4.78, 5) is 8.56. The number of hydrogen-bond donors (Lipinski definition) is 0. The average Bonchev–Trinajstić information content (AvgIpc) is 2.54. The van der Waals surface area contributed by atoms with E-state index < -0.39 is 0 Å². The summed E-state index contributed by atoms with van der Waals surface area (Å²) in [5.74, 6) is 1.10. The largest absolute Gasteiger partial charge is 0.274 e. The Morgan fingerprint density at radius 3 is 3.08 bits per heavy atom. The van der Waals surface area contributed by atoms with Gasteiger partial charge in [-0.1, -0.05) is 0 Å². The summed E-state index contributed by atoms with van der Waals surface area (Å²) in [7, 11) is 0. The van der Waals surface area contributed by atoms with Crippen molar-refractivity contribution >= 4 is 16.8 Å². The van der Waals surface area contributed by atoms with E-state index in [0.717, 1.165) is 16.4 Å². The summed E-state index contributed by atoms with van der Waals surface area (Å²) in [6.45, 7) is 2.14. The fourth-order valence-corrected chi connectivity index (χ4v) is 2.14. The van der Waals surface area contributed by atoms with Crippen molar-refractivity contribution < 1.29 is 0 Å². The zero-order valence-corrected chi connectivity index (χ0v) is 7.71. The topological polar surface area (TPSA) is 25.2 Å². The first-order chi connectivity index (χ1) is 5.86. The smallest absolute Gasteiger partial charge is 0.0996 e. The van der Waals surface area contributed by atoms with E-state index >= 15 is 0 Å². The highest BCUT2D eigenvalue weighted by Crippen LogP contribution is 2.22. The number of pyridine rings is 1. The minimum absolute atomic E-state index is 0.463. The molecule has 0 aromatic carbocycles. The van der Waals surface area contributed by atoms with Gasteiger partial charge in [-0.15, -0.1) is 11.8 Å². The van der Waals surface area contributed by atoms with Crippen LogP contribution in [-0.4, -0.2) is 21.8 Å². The lowest BCUT2D eigenvalue weighted by Gasteiger charge is -1.95. The minimum atomic E-state index is 0.463. The third-order valence-corrected chi connectivity index (χ3v) is 2.97.